The Morgan fingerprint density at radius 2 is 1.92 bits per heavy atom. The van der Waals surface area contributed by atoms with E-state index in [1.54, 1.807) is 7.11 Å². The summed E-state index contributed by atoms with van der Waals surface area (Å²) in [6.07, 6.45) is 2.35. The normalized spacial score (nSPS) is 19.0. The average molecular weight is 383 g/mol. The first-order chi connectivity index (χ1) is 12.4. The average Bonchev–Trinajstić information content (AvgIpc) is 2.99. The molecule has 0 radical (unpaired) electrons. The molecule has 1 heterocycles. The summed E-state index contributed by atoms with van der Waals surface area (Å²) in [7, 11) is -1.39. The van der Waals surface area contributed by atoms with Crippen molar-refractivity contribution in [2.24, 2.45) is 0 Å². The number of rotatable bonds is 9. The molecule has 146 valence electrons. The Labute approximate surface area is 156 Å². The summed E-state index contributed by atoms with van der Waals surface area (Å²) in [6.45, 7) is 4.85. The Hall–Kier alpha value is -1.60. The van der Waals surface area contributed by atoms with Crippen LogP contribution in [0.15, 0.2) is 24.3 Å². The highest BCUT2D eigenvalue weighted by molar-refractivity contribution is 7.91. The molecule has 0 bridgehead atoms. The van der Waals surface area contributed by atoms with E-state index >= 15 is 0 Å². The predicted molar refractivity (Wildman–Crippen MR) is 103 cm³/mol. The zero-order valence-electron chi connectivity index (χ0n) is 15.9. The predicted octanol–water partition coefficient (Wildman–Crippen LogP) is 1.99. The summed E-state index contributed by atoms with van der Waals surface area (Å²) in [5, 5.41) is 3.05. The maximum absolute atomic E-state index is 12.5. The van der Waals surface area contributed by atoms with Crippen LogP contribution in [0.25, 0.3) is 0 Å². The van der Waals surface area contributed by atoms with Crippen LogP contribution in [0.2, 0.25) is 0 Å². The number of hydrogen-bond acceptors (Lipinski definition) is 5. The molecule has 0 aliphatic carbocycles. The summed E-state index contributed by atoms with van der Waals surface area (Å²) >= 11 is 0. The van der Waals surface area contributed by atoms with Gasteiger partial charge in [0.15, 0.2) is 9.84 Å². The van der Waals surface area contributed by atoms with Crippen molar-refractivity contribution in [1.29, 1.82) is 0 Å². The van der Waals surface area contributed by atoms with E-state index in [1.807, 2.05) is 43.0 Å². The van der Waals surface area contributed by atoms with Crippen LogP contribution in [0.5, 0.6) is 5.75 Å². The third kappa shape index (κ3) is 5.99. The van der Waals surface area contributed by atoms with Crippen LogP contribution in [0.4, 0.5) is 0 Å². The van der Waals surface area contributed by atoms with E-state index in [0.717, 1.165) is 24.2 Å². The number of ether oxygens (including phenoxy) is 1. The van der Waals surface area contributed by atoms with E-state index in [0.29, 0.717) is 13.0 Å². The highest BCUT2D eigenvalue weighted by Crippen LogP contribution is 2.21. The number of amides is 1. The molecular formula is C19H30N2O4S. The zero-order chi connectivity index (χ0) is 19.2. The van der Waals surface area contributed by atoms with Crippen molar-refractivity contribution in [2.75, 3.05) is 25.2 Å². The highest BCUT2D eigenvalue weighted by Gasteiger charge is 2.33. The molecule has 2 rings (SSSR count). The second-order valence-corrected chi connectivity index (χ2v) is 9.12. The van der Waals surface area contributed by atoms with Gasteiger partial charge in [-0.15, -0.1) is 0 Å². The first-order valence-electron chi connectivity index (χ1n) is 9.23. The molecule has 1 N–H and O–H groups in total. The van der Waals surface area contributed by atoms with Crippen molar-refractivity contribution in [1.82, 2.24) is 10.2 Å². The molecule has 6 nitrogen and oxygen atoms in total. The Morgan fingerprint density at radius 1 is 1.27 bits per heavy atom. The molecule has 7 heteroatoms. The second-order valence-electron chi connectivity index (χ2n) is 6.89. The molecule has 1 saturated heterocycles. The first-order valence-corrected chi connectivity index (χ1v) is 11.1. The fourth-order valence-corrected chi connectivity index (χ4v) is 5.06. The van der Waals surface area contributed by atoms with Gasteiger partial charge in [-0.25, -0.2) is 8.42 Å². The van der Waals surface area contributed by atoms with Gasteiger partial charge in [0.05, 0.1) is 25.2 Å². The lowest BCUT2D eigenvalue weighted by atomic mass is 10.1. The molecule has 1 unspecified atom stereocenters. The van der Waals surface area contributed by atoms with Gasteiger partial charge < -0.3 is 10.1 Å². The molecule has 1 fully saturated rings. The van der Waals surface area contributed by atoms with Crippen molar-refractivity contribution in [2.45, 2.75) is 51.7 Å². The van der Waals surface area contributed by atoms with Crippen LogP contribution < -0.4 is 10.1 Å². The number of carbonyl (C=O) groups is 1. The van der Waals surface area contributed by atoms with Crippen molar-refractivity contribution in [3.05, 3.63) is 29.8 Å². The minimum absolute atomic E-state index is 0.0449. The molecule has 0 saturated carbocycles. The molecule has 0 aromatic heterocycles. The van der Waals surface area contributed by atoms with E-state index in [4.69, 9.17) is 4.74 Å². The minimum Gasteiger partial charge on any atom is -0.497 e. The van der Waals surface area contributed by atoms with Crippen LogP contribution >= 0.6 is 0 Å². The number of sulfone groups is 1. The number of carbonyl (C=O) groups excluding carboxylic acids is 1. The largest absolute Gasteiger partial charge is 0.497 e. The van der Waals surface area contributed by atoms with Gasteiger partial charge in [-0.3, -0.25) is 9.69 Å². The van der Waals surface area contributed by atoms with Crippen LogP contribution in [-0.4, -0.2) is 56.5 Å². The van der Waals surface area contributed by atoms with Crippen molar-refractivity contribution >= 4 is 15.7 Å². The van der Waals surface area contributed by atoms with Crippen molar-refractivity contribution in [3.8, 4) is 5.75 Å². The van der Waals surface area contributed by atoms with Gasteiger partial charge in [0, 0.05) is 18.6 Å². The maximum atomic E-state index is 12.5. The zero-order valence-corrected chi connectivity index (χ0v) is 16.7. The number of hydrogen-bond donors (Lipinski definition) is 1. The van der Waals surface area contributed by atoms with Gasteiger partial charge in [-0.05, 0) is 37.0 Å². The van der Waals surface area contributed by atoms with Gasteiger partial charge in [-0.2, -0.15) is 0 Å². The third-order valence-electron chi connectivity index (χ3n) is 4.97. The van der Waals surface area contributed by atoms with Gasteiger partial charge >= 0.3 is 0 Å². The van der Waals surface area contributed by atoms with E-state index in [-0.39, 0.29) is 36.0 Å². The SMILES string of the molecule is CCC(CC)NC(=O)CN(Cc1ccc(OC)cc1)C1CCS(=O)(=O)C1. The van der Waals surface area contributed by atoms with Crippen LogP contribution in [0, 0.1) is 0 Å². The van der Waals surface area contributed by atoms with Gasteiger partial charge in [-0.1, -0.05) is 26.0 Å². The standard InChI is InChI=1S/C19H30N2O4S/c1-4-16(5-2)20-19(22)13-21(17-10-11-26(23,24)14-17)12-15-6-8-18(25-3)9-7-15/h6-9,16-17H,4-5,10-14H2,1-3H3,(H,20,22). The lowest BCUT2D eigenvalue weighted by Gasteiger charge is -2.28. The molecule has 26 heavy (non-hydrogen) atoms. The van der Waals surface area contributed by atoms with Crippen molar-refractivity contribution in [3.63, 3.8) is 0 Å². The van der Waals surface area contributed by atoms with Gasteiger partial charge in [0.2, 0.25) is 5.91 Å². The molecule has 1 aliphatic rings. The summed E-state index contributed by atoms with van der Waals surface area (Å²) in [5.74, 6) is 1.05. The molecule has 1 aromatic rings. The maximum Gasteiger partial charge on any atom is 0.234 e. The van der Waals surface area contributed by atoms with Gasteiger partial charge in [0.1, 0.15) is 5.75 Å². The summed E-state index contributed by atoms with van der Waals surface area (Å²) in [6, 6.07) is 7.71. The Kier molecular flexibility index (Phi) is 7.46. The first kappa shape index (κ1) is 20.7. The van der Waals surface area contributed by atoms with Crippen LogP contribution in [-0.2, 0) is 21.2 Å². The van der Waals surface area contributed by atoms with Gasteiger partial charge in [0.25, 0.3) is 0 Å². The van der Waals surface area contributed by atoms with Crippen LogP contribution in [0.1, 0.15) is 38.7 Å². The molecule has 1 aromatic carbocycles. The van der Waals surface area contributed by atoms with Crippen LogP contribution in [0.3, 0.4) is 0 Å². The van der Waals surface area contributed by atoms with E-state index in [1.165, 1.54) is 0 Å². The van der Waals surface area contributed by atoms with E-state index < -0.39 is 9.84 Å². The summed E-state index contributed by atoms with van der Waals surface area (Å²) < 4.78 is 29.0. The smallest absolute Gasteiger partial charge is 0.234 e. The summed E-state index contributed by atoms with van der Waals surface area (Å²) in [4.78, 5) is 14.5. The third-order valence-corrected chi connectivity index (χ3v) is 6.72. The summed E-state index contributed by atoms with van der Waals surface area (Å²) in [5.41, 5.74) is 1.03. The Morgan fingerprint density at radius 3 is 2.42 bits per heavy atom. The lowest BCUT2D eigenvalue weighted by molar-refractivity contribution is -0.123. The van der Waals surface area contributed by atoms with Crippen molar-refractivity contribution < 1.29 is 17.9 Å². The molecule has 1 aliphatic heterocycles. The highest BCUT2D eigenvalue weighted by atomic mass is 32.2. The molecule has 1 amide bonds. The molecular weight excluding hydrogens is 352 g/mol. The quantitative estimate of drug-likeness (QED) is 0.707. The Balaban J connectivity index is 2.09. The fourth-order valence-electron chi connectivity index (χ4n) is 3.29. The number of nitrogens with zero attached hydrogens (tertiary/aromatic N) is 1. The molecule has 1 atom stereocenters. The van der Waals surface area contributed by atoms with E-state index in [2.05, 4.69) is 5.32 Å². The molecule has 0 spiro atoms. The number of methoxy groups -OCH3 is 1. The Bertz CT molecular complexity index is 684. The van der Waals surface area contributed by atoms with E-state index in [9.17, 15) is 13.2 Å². The lowest BCUT2D eigenvalue weighted by Crippen LogP contribution is -2.45. The minimum atomic E-state index is -3.00. The topological polar surface area (TPSA) is 75.7 Å². The number of benzene rings is 1. The fraction of sp³-hybridized carbons (Fsp3) is 0.632. The number of nitrogens with one attached hydrogen (secondary N) is 1. The second kappa shape index (κ2) is 9.37. The monoisotopic (exact) mass is 382 g/mol.